The van der Waals surface area contributed by atoms with Gasteiger partial charge in [0.15, 0.2) is 0 Å². The Morgan fingerprint density at radius 3 is 2.86 bits per heavy atom. The van der Waals surface area contributed by atoms with Gasteiger partial charge in [-0.2, -0.15) is 12.6 Å². The minimum absolute atomic E-state index is 0.841. The summed E-state index contributed by atoms with van der Waals surface area (Å²) in [5, 5.41) is 2.12. The van der Waals surface area contributed by atoms with E-state index in [1.165, 1.54) is 10.8 Å². The predicted octanol–water partition coefficient (Wildman–Crippen LogP) is 1.72. The molecule has 0 aromatic heterocycles. The highest BCUT2D eigenvalue weighted by atomic mass is 32.2. The van der Waals surface area contributed by atoms with Crippen LogP contribution in [0, 0.1) is 0 Å². The zero-order chi connectivity index (χ0) is 5.11. The van der Waals surface area contributed by atoms with E-state index < -0.39 is 0 Å². The van der Waals surface area contributed by atoms with Gasteiger partial charge in [-0.15, -0.1) is 23.5 Å². The van der Waals surface area contributed by atoms with Gasteiger partial charge in [-0.25, -0.2) is 0 Å². The van der Waals surface area contributed by atoms with Crippen LogP contribution in [0.25, 0.3) is 0 Å². The number of thiol groups is 1. The summed E-state index contributed by atoms with van der Waals surface area (Å²) < 4.78 is 0. The molecule has 1 heterocycles. The molecule has 42 valence electrons. The molecule has 7 heavy (non-hydrogen) atoms. The van der Waals surface area contributed by atoms with Crippen molar-refractivity contribution in [1.82, 2.24) is 0 Å². The number of thioether (sulfide) groups is 2. The molecule has 1 atom stereocenters. The maximum absolute atomic E-state index is 4.18. The fourth-order valence-electron chi connectivity index (χ4n) is 0.477. The molecule has 0 aromatic carbocycles. The standard InChI is InChI=1S/C4H8S3/c5-1-4-2-6-3-7-4/h4-5H,1-3H2. The third kappa shape index (κ3) is 1.78. The average Bonchev–Trinajstić information content (AvgIpc) is 2.14. The third-order valence-corrected chi connectivity index (χ3v) is 4.45. The maximum Gasteiger partial charge on any atom is 0.0395 e. The Labute approximate surface area is 58.2 Å². The highest BCUT2D eigenvalue weighted by molar-refractivity contribution is 8.19. The van der Waals surface area contributed by atoms with E-state index in [0.29, 0.717) is 0 Å². The van der Waals surface area contributed by atoms with Gasteiger partial charge in [0.05, 0.1) is 0 Å². The van der Waals surface area contributed by atoms with Crippen molar-refractivity contribution in [3.05, 3.63) is 0 Å². The molecular formula is C4H8S3. The molecule has 0 nitrogen and oxygen atoms in total. The lowest BCUT2D eigenvalue weighted by Crippen LogP contribution is -2.00. The molecule has 0 spiro atoms. The van der Waals surface area contributed by atoms with E-state index in [0.717, 1.165) is 11.0 Å². The van der Waals surface area contributed by atoms with Crippen molar-refractivity contribution >= 4 is 36.2 Å². The summed E-state index contributed by atoms with van der Waals surface area (Å²) in [5.74, 6) is 2.37. The molecule has 0 N–H and O–H groups in total. The number of rotatable bonds is 1. The summed E-state index contributed by atoms with van der Waals surface area (Å²) in [6, 6.07) is 0. The van der Waals surface area contributed by atoms with Crippen LogP contribution in [-0.2, 0) is 0 Å². The van der Waals surface area contributed by atoms with Crippen LogP contribution in [-0.4, -0.2) is 21.8 Å². The molecule has 1 aliphatic rings. The summed E-state index contributed by atoms with van der Waals surface area (Å²) in [5.41, 5.74) is 0. The van der Waals surface area contributed by atoms with E-state index in [1.54, 1.807) is 0 Å². The first kappa shape index (κ1) is 6.17. The average molecular weight is 152 g/mol. The molecule has 0 amide bonds. The highest BCUT2D eigenvalue weighted by Crippen LogP contribution is 2.29. The van der Waals surface area contributed by atoms with Gasteiger partial charge in [0, 0.05) is 21.8 Å². The van der Waals surface area contributed by atoms with Crippen molar-refractivity contribution < 1.29 is 0 Å². The second kappa shape index (κ2) is 3.15. The molecule has 1 rings (SSSR count). The van der Waals surface area contributed by atoms with Gasteiger partial charge in [-0.1, -0.05) is 0 Å². The monoisotopic (exact) mass is 152 g/mol. The summed E-state index contributed by atoms with van der Waals surface area (Å²) in [6.07, 6.45) is 0. The lowest BCUT2D eigenvalue weighted by atomic mass is 10.6. The van der Waals surface area contributed by atoms with Crippen LogP contribution < -0.4 is 0 Å². The van der Waals surface area contributed by atoms with Crippen LogP contribution in [0.5, 0.6) is 0 Å². The van der Waals surface area contributed by atoms with Gasteiger partial charge in [0.1, 0.15) is 0 Å². The molecule has 0 radical (unpaired) electrons. The third-order valence-electron chi connectivity index (χ3n) is 0.894. The van der Waals surface area contributed by atoms with Crippen molar-refractivity contribution in [3.63, 3.8) is 0 Å². The summed E-state index contributed by atoms with van der Waals surface area (Å²) >= 11 is 8.23. The van der Waals surface area contributed by atoms with E-state index in [9.17, 15) is 0 Å². The minimum Gasteiger partial charge on any atom is -0.178 e. The Morgan fingerprint density at radius 1 is 1.71 bits per heavy atom. The zero-order valence-corrected chi connectivity index (χ0v) is 6.49. The van der Waals surface area contributed by atoms with E-state index in [4.69, 9.17) is 0 Å². The van der Waals surface area contributed by atoms with Crippen molar-refractivity contribution in [2.45, 2.75) is 5.25 Å². The summed E-state index contributed by atoms with van der Waals surface area (Å²) in [7, 11) is 0. The van der Waals surface area contributed by atoms with E-state index in [2.05, 4.69) is 12.6 Å². The first-order valence-electron chi connectivity index (χ1n) is 2.23. The molecule has 0 saturated carbocycles. The predicted molar refractivity (Wildman–Crippen MR) is 42.6 cm³/mol. The Morgan fingerprint density at radius 2 is 2.57 bits per heavy atom. The first-order valence-corrected chi connectivity index (χ1v) is 5.07. The Bertz CT molecular complexity index is 48.9. The van der Waals surface area contributed by atoms with Gasteiger partial charge < -0.3 is 0 Å². The van der Waals surface area contributed by atoms with Gasteiger partial charge in [-0.05, 0) is 0 Å². The van der Waals surface area contributed by atoms with Crippen molar-refractivity contribution in [3.8, 4) is 0 Å². The van der Waals surface area contributed by atoms with Gasteiger partial charge >= 0.3 is 0 Å². The largest absolute Gasteiger partial charge is 0.178 e. The van der Waals surface area contributed by atoms with Gasteiger partial charge in [-0.3, -0.25) is 0 Å². The number of hydrogen-bond donors (Lipinski definition) is 1. The molecule has 3 heteroatoms. The lowest BCUT2D eigenvalue weighted by Gasteiger charge is -1.97. The second-order valence-electron chi connectivity index (χ2n) is 1.46. The van der Waals surface area contributed by atoms with Crippen LogP contribution in [0.3, 0.4) is 0 Å². The molecule has 1 saturated heterocycles. The Hall–Kier alpha value is 1.05. The van der Waals surface area contributed by atoms with Gasteiger partial charge in [0.2, 0.25) is 0 Å². The molecule has 0 aliphatic carbocycles. The summed E-state index contributed by atoms with van der Waals surface area (Å²) in [4.78, 5) is 0. The normalized spacial score (nSPS) is 31.3. The van der Waals surface area contributed by atoms with Crippen LogP contribution in [0.2, 0.25) is 0 Å². The van der Waals surface area contributed by atoms with E-state index >= 15 is 0 Å². The van der Waals surface area contributed by atoms with Crippen molar-refractivity contribution in [2.75, 3.05) is 16.6 Å². The second-order valence-corrected chi connectivity index (χ2v) is 4.51. The first-order chi connectivity index (χ1) is 3.43. The van der Waals surface area contributed by atoms with E-state index in [-0.39, 0.29) is 0 Å². The minimum atomic E-state index is 0.841. The Kier molecular flexibility index (Phi) is 2.78. The molecule has 0 bridgehead atoms. The highest BCUT2D eigenvalue weighted by Gasteiger charge is 2.12. The molecular weight excluding hydrogens is 144 g/mol. The molecule has 1 unspecified atom stereocenters. The lowest BCUT2D eigenvalue weighted by molar-refractivity contribution is 1.17. The van der Waals surface area contributed by atoms with Gasteiger partial charge in [0.25, 0.3) is 0 Å². The topological polar surface area (TPSA) is 0 Å². The van der Waals surface area contributed by atoms with Crippen LogP contribution >= 0.6 is 36.2 Å². The Balaban J connectivity index is 2.14. The van der Waals surface area contributed by atoms with Crippen molar-refractivity contribution in [2.24, 2.45) is 0 Å². The molecule has 1 aliphatic heterocycles. The molecule has 1 fully saturated rings. The van der Waals surface area contributed by atoms with Crippen LogP contribution in [0.15, 0.2) is 0 Å². The zero-order valence-electron chi connectivity index (χ0n) is 3.96. The summed E-state index contributed by atoms with van der Waals surface area (Å²) in [6.45, 7) is 0. The van der Waals surface area contributed by atoms with Crippen molar-refractivity contribution in [1.29, 1.82) is 0 Å². The number of hydrogen-bond acceptors (Lipinski definition) is 3. The SMILES string of the molecule is SCC1CSCS1. The fraction of sp³-hybridized carbons (Fsp3) is 1.00. The van der Waals surface area contributed by atoms with Crippen LogP contribution in [0.4, 0.5) is 0 Å². The quantitative estimate of drug-likeness (QED) is 0.568. The smallest absolute Gasteiger partial charge is 0.0395 e. The van der Waals surface area contributed by atoms with Crippen LogP contribution in [0.1, 0.15) is 0 Å². The van der Waals surface area contributed by atoms with E-state index in [1.807, 2.05) is 23.5 Å². The molecule has 0 aromatic rings. The fourth-order valence-corrected chi connectivity index (χ4v) is 3.80. The maximum atomic E-state index is 4.18.